The van der Waals surface area contributed by atoms with E-state index in [4.69, 9.17) is 10.2 Å². The smallest absolute Gasteiger partial charge is 0.157 e. The van der Waals surface area contributed by atoms with Gasteiger partial charge in [0.05, 0.1) is 0 Å². The molecule has 0 amide bonds. The summed E-state index contributed by atoms with van der Waals surface area (Å²) in [7, 11) is 0. The molecule has 0 saturated carbocycles. The molecule has 0 spiro atoms. The van der Waals surface area contributed by atoms with Crippen molar-refractivity contribution in [1.29, 1.82) is 0 Å². The van der Waals surface area contributed by atoms with Crippen LogP contribution in [0.2, 0.25) is 0 Å². The average molecular weight is 269 g/mol. The van der Waals surface area contributed by atoms with E-state index < -0.39 is 0 Å². The van der Waals surface area contributed by atoms with Crippen LogP contribution in [-0.2, 0) is 6.42 Å². The molecule has 3 N–H and O–H groups in total. The molecule has 0 saturated heterocycles. The lowest BCUT2D eigenvalue weighted by Crippen LogP contribution is -2.03. The van der Waals surface area contributed by atoms with E-state index in [1.807, 2.05) is 0 Å². The molecule has 0 radical (unpaired) electrons. The molecule has 5 heteroatoms. The maximum absolute atomic E-state index is 9.12. The number of halogens is 2. The van der Waals surface area contributed by atoms with Crippen molar-refractivity contribution in [2.24, 2.45) is 0 Å². The van der Waals surface area contributed by atoms with Crippen molar-refractivity contribution in [3.63, 3.8) is 0 Å². The molecule has 0 aliphatic rings. The summed E-state index contributed by atoms with van der Waals surface area (Å²) in [6.07, 6.45) is 0.805. The number of phenols is 2. The summed E-state index contributed by atoms with van der Waals surface area (Å²) in [5, 5.41) is 18.1. The van der Waals surface area contributed by atoms with Crippen LogP contribution in [0.1, 0.15) is 5.56 Å². The van der Waals surface area contributed by atoms with Gasteiger partial charge in [-0.3, -0.25) is 4.34 Å². The minimum atomic E-state index is -0.0782. The SMILES string of the molecule is Cl.Oc1ccc(CCNBr)cc1O. The first kappa shape index (κ1) is 12.6. The van der Waals surface area contributed by atoms with E-state index in [0.29, 0.717) is 0 Å². The molecule has 0 unspecified atom stereocenters. The van der Waals surface area contributed by atoms with Crippen molar-refractivity contribution < 1.29 is 10.2 Å². The Morgan fingerprint density at radius 2 is 1.92 bits per heavy atom. The van der Waals surface area contributed by atoms with Crippen LogP contribution in [0.4, 0.5) is 0 Å². The van der Waals surface area contributed by atoms with E-state index in [-0.39, 0.29) is 23.9 Å². The van der Waals surface area contributed by atoms with Gasteiger partial charge in [0.2, 0.25) is 0 Å². The van der Waals surface area contributed by atoms with Gasteiger partial charge in [0.15, 0.2) is 11.5 Å². The number of rotatable bonds is 3. The monoisotopic (exact) mass is 267 g/mol. The molecule has 0 aliphatic heterocycles. The van der Waals surface area contributed by atoms with E-state index in [1.165, 1.54) is 6.07 Å². The van der Waals surface area contributed by atoms with E-state index in [1.54, 1.807) is 12.1 Å². The van der Waals surface area contributed by atoms with Crippen LogP contribution < -0.4 is 4.34 Å². The van der Waals surface area contributed by atoms with Crippen LogP contribution in [-0.4, -0.2) is 16.8 Å². The van der Waals surface area contributed by atoms with Gasteiger partial charge in [-0.25, -0.2) is 0 Å². The van der Waals surface area contributed by atoms with Crippen molar-refractivity contribution in [3.8, 4) is 11.5 Å². The third-order valence-electron chi connectivity index (χ3n) is 1.55. The highest BCUT2D eigenvalue weighted by Crippen LogP contribution is 2.24. The van der Waals surface area contributed by atoms with Crippen molar-refractivity contribution in [1.82, 2.24) is 4.34 Å². The summed E-state index contributed by atoms with van der Waals surface area (Å²) < 4.78 is 2.82. The second-order valence-corrected chi connectivity index (χ2v) is 3.02. The van der Waals surface area contributed by atoms with Crippen molar-refractivity contribution in [3.05, 3.63) is 23.8 Å². The lowest BCUT2D eigenvalue weighted by atomic mass is 10.1. The Hall–Kier alpha value is -0.450. The van der Waals surface area contributed by atoms with Gasteiger partial charge >= 0.3 is 0 Å². The van der Waals surface area contributed by atoms with E-state index in [9.17, 15) is 0 Å². The Labute approximate surface area is 91.5 Å². The number of hydrogen-bond acceptors (Lipinski definition) is 3. The summed E-state index contributed by atoms with van der Waals surface area (Å²) in [5.74, 6) is -0.146. The van der Waals surface area contributed by atoms with E-state index >= 15 is 0 Å². The van der Waals surface area contributed by atoms with Crippen LogP contribution in [0.3, 0.4) is 0 Å². The molecule has 0 heterocycles. The van der Waals surface area contributed by atoms with Gasteiger partial charge in [-0.1, -0.05) is 6.07 Å². The lowest BCUT2D eigenvalue weighted by molar-refractivity contribution is 0.403. The Bertz CT molecular complexity index is 270. The third kappa shape index (κ3) is 3.85. The van der Waals surface area contributed by atoms with Gasteiger partial charge in [-0.05, 0) is 24.1 Å². The molecule has 0 aliphatic carbocycles. The van der Waals surface area contributed by atoms with Gasteiger partial charge in [0.25, 0.3) is 0 Å². The quantitative estimate of drug-likeness (QED) is 0.580. The summed E-state index contributed by atoms with van der Waals surface area (Å²) in [4.78, 5) is 0. The first-order valence-electron chi connectivity index (χ1n) is 3.58. The first-order chi connectivity index (χ1) is 5.74. The fourth-order valence-electron chi connectivity index (χ4n) is 0.916. The maximum Gasteiger partial charge on any atom is 0.157 e. The molecule has 0 bridgehead atoms. The van der Waals surface area contributed by atoms with E-state index in [0.717, 1.165) is 18.5 Å². The second kappa shape index (κ2) is 6.07. The molecule has 0 fully saturated rings. The fourth-order valence-corrected chi connectivity index (χ4v) is 1.11. The topological polar surface area (TPSA) is 52.5 Å². The molecule has 1 aromatic rings. The Kier molecular flexibility index (Phi) is 5.86. The molecule has 1 aromatic carbocycles. The Morgan fingerprint density at radius 3 is 2.46 bits per heavy atom. The number of hydrogen-bond donors (Lipinski definition) is 3. The highest BCUT2D eigenvalue weighted by molar-refractivity contribution is 9.08. The zero-order valence-electron chi connectivity index (χ0n) is 6.83. The molecule has 13 heavy (non-hydrogen) atoms. The summed E-state index contributed by atoms with van der Waals surface area (Å²) in [6, 6.07) is 4.82. The Balaban J connectivity index is 0.00000144. The van der Waals surface area contributed by atoms with Crippen LogP contribution >= 0.6 is 28.6 Å². The van der Waals surface area contributed by atoms with Crippen LogP contribution in [0.15, 0.2) is 18.2 Å². The Morgan fingerprint density at radius 1 is 1.23 bits per heavy atom. The average Bonchev–Trinajstić information content (AvgIpc) is 2.07. The number of nitrogens with one attached hydrogen (secondary N) is 1. The van der Waals surface area contributed by atoms with Crippen molar-refractivity contribution >= 4 is 28.6 Å². The van der Waals surface area contributed by atoms with Crippen LogP contribution in [0.5, 0.6) is 11.5 Å². The predicted octanol–water partition coefficient (Wildman–Crippen LogP) is 1.96. The van der Waals surface area contributed by atoms with Gasteiger partial charge in [0.1, 0.15) is 0 Å². The molecular weight excluding hydrogens is 257 g/mol. The van der Waals surface area contributed by atoms with Gasteiger partial charge < -0.3 is 10.2 Å². The predicted molar refractivity (Wildman–Crippen MR) is 57.7 cm³/mol. The molecule has 74 valence electrons. The normalized spacial score (nSPS) is 9.31. The molecular formula is C8H11BrClNO2. The molecule has 3 nitrogen and oxygen atoms in total. The minimum absolute atomic E-state index is 0. The lowest BCUT2D eigenvalue weighted by Gasteiger charge is -2.01. The third-order valence-corrected chi connectivity index (χ3v) is 1.94. The zero-order chi connectivity index (χ0) is 8.97. The van der Waals surface area contributed by atoms with Gasteiger partial charge in [-0.15, -0.1) is 12.4 Å². The molecule has 1 rings (SSSR count). The standard InChI is InChI=1S/C8H10BrNO2.ClH/c9-10-4-3-6-1-2-7(11)8(12)5-6;/h1-2,5,10-12H,3-4H2;1H. The highest BCUT2D eigenvalue weighted by Gasteiger charge is 1.99. The molecule has 0 atom stereocenters. The van der Waals surface area contributed by atoms with Crippen LogP contribution in [0, 0.1) is 0 Å². The highest BCUT2D eigenvalue weighted by atomic mass is 79.9. The van der Waals surface area contributed by atoms with Crippen molar-refractivity contribution in [2.75, 3.05) is 6.54 Å². The van der Waals surface area contributed by atoms with Crippen LogP contribution in [0.25, 0.3) is 0 Å². The number of phenolic OH excluding ortho intramolecular Hbond substituents is 2. The maximum atomic E-state index is 9.12. The number of aromatic hydroxyl groups is 2. The summed E-state index contributed by atoms with van der Waals surface area (Å²) in [6.45, 7) is 0.782. The van der Waals surface area contributed by atoms with Gasteiger partial charge in [-0.2, -0.15) is 0 Å². The summed E-state index contributed by atoms with van der Waals surface area (Å²) in [5.41, 5.74) is 0.984. The van der Waals surface area contributed by atoms with Gasteiger partial charge in [0, 0.05) is 22.7 Å². The fraction of sp³-hybridized carbons (Fsp3) is 0.250. The largest absolute Gasteiger partial charge is 0.504 e. The number of benzene rings is 1. The first-order valence-corrected chi connectivity index (χ1v) is 4.37. The summed E-state index contributed by atoms with van der Waals surface area (Å²) >= 11 is 3.08. The second-order valence-electron chi connectivity index (χ2n) is 2.46. The zero-order valence-corrected chi connectivity index (χ0v) is 9.23. The van der Waals surface area contributed by atoms with Crippen molar-refractivity contribution in [2.45, 2.75) is 6.42 Å². The van der Waals surface area contributed by atoms with E-state index in [2.05, 4.69) is 20.5 Å². The molecule has 0 aromatic heterocycles. The minimum Gasteiger partial charge on any atom is -0.504 e.